The molecule has 0 saturated heterocycles. The van der Waals surface area contributed by atoms with Gasteiger partial charge in [-0.3, -0.25) is 14.2 Å². The van der Waals surface area contributed by atoms with Crippen LogP contribution in [0.4, 0.5) is 5.69 Å². The monoisotopic (exact) mass is 428 g/mol. The summed E-state index contributed by atoms with van der Waals surface area (Å²) in [5.74, 6) is -0.240. The first kappa shape index (κ1) is 21.6. The third-order valence-electron chi connectivity index (χ3n) is 5.88. The molecule has 0 radical (unpaired) electrons. The number of hydrogen-bond acceptors (Lipinski definition) is 3. The molecule has 0 aliphatic rings. The summed E-state index contributed by atoms with van der Waals surface area (Å²) in [6, 6.07) is 15.5. The second-order valence-electron chi connectivity index (χ2n) is 8.29. The summed E-state index contributed by atoms with van der Waals surface area (Å²) in [6.45, 7) is 9.79. The number of benzene rings is 2. The largest absolute Gasteiger partial charge is 0.324 e. The third kappa shape index (κ3) is 3.84. The Morgan fingerprint density at radius 2 is 1.72 bits per heavy atom. The minimum atomic E-state index is -0.240. The van der Waals surface area contributed by atoms with Crippen molar-refractivity contribution in [2.24, 2.45) is 0 Å². The number of anilines is 1. The zero-order chi connectivity index (χ0) is 23.0. The number of rotatable bonds is 5. The second-order valence-corrected chi connectivity index (χ2v) is 8.29. The summed E-state index contributed by atoms with van der Waals surface area (Å²) in [6.07, 6.45) is 0.811. The molecule has 6 heteroatoms. The number of hydrogen-bond donors (Lipinski definition) is 1. The molecule has 1 amide bonds. The van der Waals surface area contributed by atoms with E-state index in [1.807, 2.05) is 70.2 Å². The summed E-state index contributed by atoms with van der Waals surface area (Å²) >= 11 is 0. The summed E-state index contributed by atoms with van der Waals surface area (Å²) in [7, 11) is 0. The molecular weight excluding hydrogens is 400 g/mol. The van der Waals surface area contributed by atoms with E-state index in [2.05, 4.69) is 12.2 Å². The van der Waals surface area contributed by atoms with Crippen LogP contribution < -0.4 is 10.9 Å². The average Bonchev–Trinajstić information content (AvgIpc) is 3.10. The molecule has 2 aromatic carbocycles. The molecule has 32 heavy (non-hydrogen) atoms. The number of aryl methyl sites for hydroxylation is 5. The van der Waals surface area contributed by atoms with Gasteiger partial charge < -0.3 is 5.32 Å². The third-order valence-corrected chi connectivity index (χ3v) is 5.88. The van der Waals surface area contributed by atoms with E-state index >= 15 is 0 Å². The highest BCUT2D eigenvalue weighted by molar-refractivity contribution is 5.93. The van der Waals surface area contributed by atoms with Crippen molar-refractivity contribution in [3.63, 3.8) is 0 Å². The van der Waals surface area contributed by atoms with Gasteiger partial charge in [0.1, 0.15) is 12.2 Å². The van der Waals surface area contributed by atoms with Gasteiger partial charge in [-0.15, -0.1) is 0 Å². The average molecular weight is 429 g/mol. The molecule has 2 heterocycles. The first-order valence-electron chi connectivity index (χ1n) is 10.8. The van der Waals surface area contributed by atoms with Crippen LogP contribution in [0.5, 0.6) is 0 Å². The Hall–Kier alpha value is -3.67. The van der Waals surface area contributed by atoms with Gasteiger partial charge in [-0.1, -0.05) is 42.8 Å². The molecule has 0 aliphatic heterocycles. The van der Waals surface area contributed by atoms with Crippen molar-refractivity contribution in [2.75, 3.05) is 5.32 Å². The van der Waals surface area contributed by atoms with Crippen molar-refractivity contribution < 1.29 is 4.79 Å². The van der Waals surface area contributed by atoms with Crippen molar-refractivity contribution >= 4 is 22.6 Å². The number of fused-ring (bicyclic) bond motifs is 1. The number of pyridine rings is 1. The van der Waals surface area contributed by atoms with E-state index in [0.717, 1.165) is 51.1 Å². The molecule has 0 fully saturated rings. The summed E-state index contributed by atoms with van der Waals surface area (Å²) in [5.41, 5.74) is 6.95. The lowest BCUT2D eigenvalue weighted by molar-refractivity contribution is -0.116. The van der Waals surface area contributed by atoms with Gasteiger partial charge >= 0.3 is 0 Å². The van der Waals surface area contributed by atoms with Crippen LogP contribution in [-0.2, 0) is 17.8 Å². The second kappa shape index (κ2) is 8.46. The van der Waals surface area contributed by atoms with Crippen LogP contribution in [0.3, 0.4) is 0 Å². The Bertz CT molecular complexity index is 1380. The van der Waals surface area contributed by atoms with Crippen LogP contribution in [0.15, 0.2) is 53.3 Å². The minimum absolute atomic E-state index is 0.0932. The maximum Gasteiger partial charge on any atom is 0.252 e. The minimum Gasteiger partial charge on any atom is -0.324 e. The molecule has 0 spiro atoms. The Kier molecular flexibility index (Phi) is 5.70. The quantitative estimate of drug-likeness (QED) is 0.504. The van der Waals surface area contributed by atoms with Crippen molar-refractivity contribution in [2.45, 2.75) is 47.6 Å². The zero-order valence-electron chi connectivity index (χ0n) is 19.2. The number of carbonyl (C=O) groups is 1. The molecule has 0 atom stereocenters. The maximum atomic E-state index is 13.1. The van der Waals surface area contributed by atoms with Crippen LogP contribution in [0.25, 0.3) is 16.7 Å². The molecule has 1 N–H and O–H groups in total. The van der Waals surface area contributed by atoms with E-state index < -0.39 is 0 Å². The summed E-state index contributed by atoms with van der Waals surface area (Å²) in [4.78, 5) is 26.1. The van der Waals surface area contributed by atoms with Crippen molar-refractivity contribution in [1.82, 2.24) is 14.3 Å². The van der Waals surface area contributed by atoms with Gasteiger partial charge in [0.05, 0.1) is 11.4 Å². The van der Waals surface area contributed by atoms with E-state index in [9.17, 15) is 9.59 Å². The lowest BCUT2D eigenvalue weighted by Gasteiger charge is -2.15. The van der Waals surface area contributed by atoms with Crippen LogP contribution in [-0.4, -0.2) is 20.3 Å². The predicted octanol–water partition coefficient (Wildman–Crippen LogP) is 4.62. The van der Waals surface area contributed by atoms with E-state index in [0.29, 0.717) is 5.65 Å². The molecule has 0 aliphatic carbocycles. The fourth-order valence-electron chi connectivity index (χ4n) is 4.21. The van der Waals surface area contributed by atoms with Crippen LogP contribution in [0, 0.1) is 27.7 Å². The molecule has 6 nitrogen and oxygen atoms in total. The van der Waals surface area contributed by atoms with E-state index in [1.54, 1.807) is 10.7 Å². The summed E-state index contributed by atoms with van der Waals surface area (Å²) in [5, 5.41) is 8.63. The topological polar surface area (TPSA) is 68.9 Å². The number of nitrogens with one attached hydrogen (secondary N) is 1. The molecule has 0 unspecified atom stereocenters. The van der Waals surface area contributed by atoms with Gasteiger partial charge in [0.2, 0.25) is 5.91 Å². The van der Waals surface area contributed by atoms with Gasteiger partial charge in [0.15, 0.2) is 0 Å². The highest BCUT2D eigenvalue weighted by Crippen LogP contribution is 2.25. The lowest BCUT2D eigenvalue weighted by Crippen LogP contribution is -2.29. The standard InChI is InChI=1S/C26H28N4O2/c1-6-20-9-7-8-17(3)25(20)27-22(31)15-29-23(32)14-18(4)24-19(5)28-30(26(24)29)21-12-10-16(2)11-13-21/h7-14H,6,15H2,1-5H3,(H,27,31). The highest BCUT2D eigenvalue weighted by atomic mass is 16.2. The predicted molar refractivity (Wildman–Crippen MR) is 129 cm³/mol. The van der Waals surface area contributed by atoms with Gasteiger partial charge in [-0.25, -0.2) is 4.68 Å². The fourth-order valence-corrected chi connectivity index (χ4v) is 4.21. The zero-order valence-corrected chi connectivity index (χ0v) is 19.2. The van der Waals surface area contributed by atoms with Gasteiger partial charge in [-0.05, 0) is 62.9 Å². The van der Waals surface area contributed by atoms with E-state index in [4.69, 9.17) is 5.10 Å². The SMILES string of the molecule is CCc1cccc(C)c1NC(=O)Cn1c(=O)cc(C)c2c(C)nn(-c3ccc(C)cc3)c21. The van der Waals surface area contributed by atoms with Gasteiger partial charge in [0, 0.05) is 17.1 Å². The molecule has 4 aromatic rings. The number of aromatic nitrogens is 3. The maximum absolute atomic E-state index is 13.1. The van der Waals surface area contributed by atoms with Crippen LogP contribution in [0.1, 0.15) is 34.9 Å². The van der Waals surface area contributed by atoms with Crippen LogP contribution in [0.2, 0.25) is 0 Å². The first-order valence-corrected chi connectivity index (χ1v) is 10.8. The number of carbonyl (C=O) groups excluding carboxylic acids is 1. The molecular formula is C26H28N4O2. The number of para-hydroxylation sites is 1. The Morgan fingerprint density at radius 3 is 2.41 bits per heavy atom. The molecule has 0 bridgehead atoms. The van der Waals surface area contributed by atoms with E-state index in [1.165, 1.54) is 4.57 Å². The normalized spacial score (nSPS) is 11.2. The molecule has 0 saturated carbocycles. The first-order chi connectivity index (χ1) is 15.3. The molecule has 4 rings (SSSR count). The Labute approximate surface area is 187 Å². The van der Waals surface area contributed by atoms with Crippen molar-refractivity contribution in [1.29, 1.82) is 0 Å². The molecule has 164 valence electrons. The highest BCUT2D eigenvalue weighted by Gasteiger charge is 2.19. The smallest absolute Gasteiger partial charge is 0.252 e. The van der Waals surface area contributed by atoms with Gasteiger partial charge in [0.25, 0.3) is 5.56 Å². The Balaban J connectivity index is 1.82. The summed E-state index contributed by atoms with van der Waals surface area (Å²) < 4.78 is 3.28. The number of nitrogens with zero attached hydrogens (tertiary/aromatic N) is 3. The van der Waals surface area contributed by atoms with Crippen molar-refractivity contribution in [3.8, 4) is 5.69 Å². The number of amides is 1. The van der Waals surface area contributed by atoms with E-state index in [-0.39, 0.29) is 18.0 Å². The Morgan fingerprint density at radius 1 is 1.00 bits per heavy atom. The molecule has 2 aromatic heterocycles. The van der Waals surface area contributed by atoms with Gasteiger partial charge in [-0.2, -0.15) is 5.10 Å². The lowest BCUT2D eigenvalue weighted by atomic mass is 10.1. The fraction of sp³-hybridized carbons (Fsp3) is 0.269. The van der Waals surface area contributed by atoms with Crippen molar-refractivity contribution in [3.05, 3.63) is 86.8 Å². The van der Waals surface area contributed by atoms with Crippen LogP contribution >= 0.6 is 0 Å².